The minimum Gasteiger partial charge on any atom is -0.508 e. The van der Waals surface area contributed by atoms with E-state index in [0.717, 1.165) is 11.1 Å². The molecule has 1 saturated heterocycles. The summed E-state index contributed by atoms with van der Waals surface area (Å²) in [6.45, 7) is 2.26. The van der Waals surface area contributed by atoms with Crippen LogP contribution in [-0.2, 0) is 22.5 Å². The Morgan fingerprint density at radius 3 is 2.52 bits per heavy atom. The first-order valence-corrected chi connectivity index (χ1v) is 9.54. The van der Waals surface area contributed by atoms with Gasteiger partial charge in [-0.3, -0.25) is 4.79 Å². The van der Waals surface area contributed by atoms with Gasteiger partial charge >= 0.3 is 6.03 Å². The van der Waals surface area contributed by atoms with Crippen LogP contribution in [0.15, 0.2) is 48.5 Å². The fourth-order valence-corrected chi connectivity index (χ4v) is 3.15. The van der Waals surface area contributed by atoms with E-state index in [0.29, 0.717) is 38.5 Å². The number of ether oxygens (including phenoxy) is 1. The number of phenolic OH excluding ortho intramolecular Hbond substituents is 1. The first-order valence-electron chi connectivity index (χ1n) is 9.54. The van der Waals surface area contributed by atoms with Crippen molar-refractivity contribution in [2.45, 2.75) is 19.0 Å². The summed E-state index contributed by atoms with van der Waals surface area (Å²) < 4.78 is 5.31. The lowest BCUT2D eigenvalue weighted by molar-refractivity contribution is -0.137. The van der Waals surface area contributed by atoms with E-state index in [9.17, 15) is 14.7 Å². The van der Waals surface area contributed by atoms with Crippen LogP contribution < -0.4 is 16.4 Å². The van der Waals surface area contributed by atoms with Crippen LogP contribution in [0.1, 0.15) is 11.1 Å². The minimum absolute atomic E-state index is 0.118. The molecule has 3 rings (SSSR count). The van der Waals surface area contributed by atoms with Crippen LogP contribution in [0.4, 0.5) is 10.5 Å². The second-order valence-electron chi connectivity index (χ2n) is 6.93. The molecule has 1 aliphatic heterocycles. The van der Waals surface area contributed by atoms with Gasteiger partial charge in [-0.2, -0.15) is 0 Å². The van der Waals surface area contributed by atoms with Gasteiger partial charge in [0, 0.05) is 31.7 Å². The number of nitrogens with zero attached hydrogens (tertiary/aromatic N) is 1. The Kier molecular flexibility index (Phi) is 6.91. The highest BCUT2D eigenvalue weighted by Crippen LogP contribution is 2.14. The number of nitrogens with one attached hydrogen (secondary N) is 2. The second kappa shape index (κ2) is 9.79. The largest absolute Gasteiger partial charge is 0.508 e. The molecule has 8 nitrogen and oxygen atoms in total. The van der Waals surface area contributed by atoms with Crippen LogP contribution in [0.5, 0.6) is 5.75 Å². The zero-order valence-corrected chi connectivity index (χ0v) is 16.1. The average molecular weight is 398 g/mol. The number of anilines is 1. The molecule has 0 aliphatic carbocycles. The molecule has 5 N–H and O–H groups in total. The lowest BCUT2D eigenvalue weighted by Gasteiger charge is -2.31. The Morgan fingerprint density at radius 2 is 1.83 bits per heavy atom. The van der Waals surface area contributed by atoms with Crippen molar-refractivity contribution >= 4 is 17.6 Å². The maximum atomic E-state index is 13.0. The predicted octanol–water partition coefficient (Wildman–Crippen LogP) is 1.24. The fourth-order valence-electron chi connectivity index (χ4n) is 3.15. The number of hydrogen-bond donors (Lipinski definition) is 4. The SMILES string of the molecule is Nc1ccc(CNC(=O)NC(Cc2cccc(O)c2)C(=O)N2CCOCC2)cc1. The first kappa shape index (κ1) is 20.5. The Hall–Kier alpha value is -3.26. The van der Waals surface area contributed by atoms with E-state index in [4.69, 9.17) is 10.5 Å². The van der Waals surface area contributed by atoms with E-state index in [1.165, 1.54) is 0 Å². The molecular formula is C21H26N4O4. The van der Waals surface area contributed by atoms with E-state index in [1.807, 2.05) is 18.2 Å². The third kappa shape index (κ3) is 6.11. The number of hydrogen-bond acceptors (Lipinski definition) is 5. The number of aromatic hydroxyl groups is 1. The molecule has 0 saturated carbocycles. The van der Waals surface area contributed by atoms with E-state index in [1.54, 1.807) is 35.2 Å². The van der Waals surface area contributed by atoms with E-state index < -0.39 is 12.1 Å². The van der Waals surface area contributed by atoms with Gasteiger partial charge in [-0.1, -0.05) is 24.3 Å². The third-order valence-electron chi connectivity index (χ3n) is 4.71. The molecule has 8 heteroatoms. The number of nitrogens with two attached hydrogens (primary N) is 1. The maximum absolute atomic E-state index is 13.0. The molecule has 0 bridgehead atoms. The summed E-state index contributed by atoms with van der Waals surface area (Å²) in [5.41, 5.74) is 7.98. The van der Waals surface area contributed by atoms with Gasteiger partial charge in [0.25, 0.3) is 0 Å². The van der Waals surface area contributed by atoms with Crippen molar-refractivity contribution in [2.75, 3.05) is 32.0 Å². The van der Waals surface area contributed by atoms with E-state index in [-0.39, 0.29) is 18.1 Å². The number of benzene rings is 2. The van der Waals surface area contributed by atoms with Crippen LogP contribution >= 0.6 is 0 Å². The van der Waals surface area contributed by atoms with E-state index in [2.05, 4.69) is 10.6 Å². The molecule has 2 aromatic rings. The number of rotatable bonds is 6. The minimum atomic E-state index is -0.749. The van der Waals surface area contributed by atoms with Crippen molar-refractivity contribution < 1.29 is 19.4 Å². The van der Waals surface area contributed by atoms with Crippen molar-refractivity contribution in [3.05, 3.63) is 59.7 Å². The summed E-state index contributed by atoms with van der Waals surface area (Å²) >= 11 is 0. The maximum Gasteiger partial charge on any atom is 0.315 e. The monoisotopic (exact) mass is 398 g/mol. The van der Waals surface area contributed by atoms with Gasteiger partial charge in [-0.25, -0.2) is 4.79 Å². The molecular weight excluding hydrogens is 372 g/mol. The average Bonchev–Trinajstić information content (AvgIpc) is 2.73. The number of phenols is 1. The molecule has 0 spiro atoms. The van der Waals surface area contributed by atoms with Crippen molar-refractivity contribution in [2.24, 2.45) is 0 Å². The quantitative estimate of drug-likeness (QED) is 0.546. The number of amides is 3. The predicted molar refractivity (Wildman–Crippen MR) is 109 cm³/mol. The molecule has 1 unspecified atom stereocenters. The standard InChI is InChI=1S/C21H26N4O4/c22-17-6-4-15(5-7-17)14-23-21(28)24-19(13-16-2-1-3-18(26)12-16)20(27)25-8-10-29-11-9-25/h1-7,12,19,26H,8-11,13-14,22H2,(H2,23,24,28). The smallest absolute Gasteiger partial charge is 0.315 e. The first-order chi connectivity index (χ1) is 14.0. The molecule has 1 atom stereocenters. The van der Waals surface area contributed by atoms with Gasteiger partial charge in [0.05, 0.1) is 13.2 Å². The molecule has 1 heterocycles. The van der Waals surface area contributed by atoms with Crippen LogP contribution in [0.25, 0.3) is 0 Å². The van der Waals surface area contributed by atoms with Crippen LogP contribution in [0.2, 0.25) is 0 Å². The van der Waals surface area contributed by atoms with Gasteiger partial charge < -0.3 is 31.1 Å². The van der Waals surface area contributed by atoms with Crippen LogP contribution in [0, 0.1) is 0 Å². The number of carbonyl (C=O) groups is 2. The van der Waals surface area contributed by atoms with Gasteiger partial charge in [0.2, 0.25) is 5.91 Å². The summed E-state index contributed by atoms with van der Waals surface area (Å²) in [5.74, 6) is -0.0489. The summed E-state index contributed by atoms with van der Waals surface area (Å²) in [7, 11) is 0. The van der Waals surface area contributed by atoms with Crippen LogP contribution in [0.3, 0.4) is 0 Å². The number of carbonyl (C=O) groups excluding carboxylic acids is 2. The molecule has 154 valence electrons. The number of urea groups is 1. The lowest BCUT2D eigenvalue weighted by Crippen LogP contribution is -2.54. The summed E-state index contributed by atoms with van der Waals surface area (Å²) in [6.07, 6.45) is 0.278. The zero-order valence-electron chi connectivity index (χ0n) is 16.1. The molecule has 2 aromatic carbocycles. The fraction of sp³-hybridized carbons (Fsp3) is 0.333. The van der Waals surface area contributed by atoms with Crippen LogP contribution in [-0.4, -0.2) is 54.3 Å². The molecule has 1 aliphatic rings. The highest BCUT2D eigenvalue weighted by atomic mass is 16.5. The Morgan fingerprint density at radius 1 is 1.10 bits per heavy atom. The summed E-state index contributed by atoms with van der Waals surface area (Å²) in [6, 6.07) is 12.7. The number of morpholine rings is 1. The Labute approximate surface area is 169 Å². The zero-order chi connectivity index (χ0) is 20.6. The molecule has 0 aromatic heterocycles. The van der Waals surface area contributed by atoms with Gasteiger partial charge in [0.1, 0.15) is 11.8 Å². The highest BCUT2D eigenvalue weighted by Gasteiger charge is 2.27. The van der Waals surface area contributed by atoms with Crippen molar-refractivity contribution in [3.8, 4) is 5.75 Å². The molecule has 29 heavy (non-hydrogen) atoms. The normalized spacial score (nSPS) is 14.8. The van der Waals surface area contributed by atoms with Crippen molar-refractivity contribution in [1.29, 1.82) is 0 Å². The number of nitrogen functional groups attached to an aromatic ring is 1. The molecule has 0 radical (unpaired) electrons. The molecule has 3 amide bonds. The van der Waals surface area contributed by atoms with Crippen molar-refractivity contribution in [3.63, 3.8) is 0 Å². The topological polar surface area (TPSA) is 117 Å². The Bertz CT molecular complexity index is 835. The van der Waals surface area contributed by atoms with E-state index >= 15 is 0 Å². The molecule has 1 fully saturated rings. The van der Waals surface area contributed by atoms with Gasteiger partial charge in [-0.15, -0.1) is 0 Å². The second-order valence-corrected chi connectivity index (χ2v) is 6.93. The third-order valence-corrected chi connectivity index (χ3v) is 4.71. The summed E-state index contributed by atoms with van der Waals surface area (Å²) in [5, 5.41) is 15.2. The highest BCUT2D eigenvalue weighted by molar-refractivity contribution is 5.87. The lowest BCUT2D eigenvalue weighted by atomic mass is 10.0. The van der Waals surface area contributed by atoms with Gasteiger partial charge in [-0.05, 0) is 35.4 Å². The Balaban J connectivity index is 1.65. The van der Waals surface area contributed by atoms with Gasteiger partial charge in [0.15, 0.2) is 0 Å². The summed E-state index contributed by atoms with van der Waals surface area (Å²) in [4.78, 5) is 27.1. The van der Waals surface area contributed by atoms with Crippen molar-refractivity contribution in [1.82, 2.24) is 15.5 Å².